The van der Waals surface area contributed by atoms with Gasteiger partial charge in [0.2, 0.25) is 0 Å². The van der Waals surface area contributed by atoms with Crippen LogP contribution >= 0.6 is 0 Å². The third-order valence-electron chi connectivity index (χ3n) is 3.96. The third kappa shape index (κ3) is 3.57. The lowest BCUT2D eigenvalue weighted by molar-refractivity contribution is 0.228. The van der Waals surface area contributed by atoms with E-state index in [9.17, 15) is 0 Å². The molecule has 94 valence electrons. The summed E-state index contributed by atoms with van der Waals surface area (Å²) in [5.74, 6) is 1.75. The van der Waals surface area contributed by atoms with Gasteiger partial charge in [-0.15, -0.1) is 0 Å². The van der Waals surface area contributed by atoms with Crippen LogP contribution in [0.15, 0.2) is 30.3 Å². The van der Waals surface area contributed by atoms with Crippen molar-refractivity contribution < 1.29 is 0 Å². The van der Waals surface area contributed by atoms with Gasteiger partial charge in [-0.2, -0.15) is 0 Å². The predicted molar refractivity (Wildman–Crippen MR) is 74.0 cm³/mol. The van der Waals surface area contributed by atoms with E-state index in [0.29, 0.717) is 12.1 Å². The average molecular weight is 231 g/mol. The summed E-state index contributed by atoms with van der Waals surface area (Å²) in [6.07, 6.45) is 4.07. The topological polar surface area (TPSA) is 12.0 Å². The number of benzene rings is 1. The SMILES string of the molecule is CC1CC(C)CC(N[C@H](C)c2ccccc2)C1. The standard InChI is InChI=1S/C16H25N/c1-12-9-13(2)11-16(10-12)17-14(3)15-7-5-4-6-8-15/h4-8,12-14,16-17H,9-11H2,1-3H3/t12?,13?,14-,16?/m1/s1. The molecule has 0 heterocycles. The van der Waals surface area contributed by atoms with Gasteiger partial charge < -0.3 is 5.32 Å². The number of hydrogen-bond acceptors (Lipinski definition) is 1. The van der Waals surface area contributed by atoms with E-state index in [4.69, 9.17) is 0 Å². The van der Waals surface area contributed by atoms with Crippen LogP contribution in [0, 0.1) is 11.8 Å². The Labute approximate surface area is 106 Å². The Morgan fingerprint density at radius 2 is 1.59 bits per heavy atom. The molecule has 3 atom stereocenters. The Kier molecular flexibility index (Phi) is 4.22. The van der Waals surface area contributed by atoms with E-state index in [1.165, 1.54) is 24.8 Å². The molecule has 1 aliphatic rings. The van der Waals surface area contributed by atoms with Crippen LogP contribution in [0.1, 0.15) is 51.6 Å². The molecule has 0 amide bonds. The first kappa shape index (κ1) is 12.6. The van der Waals surface area contributed by atoms with Crippen LogP contribution in [0.4, 0.5) is 0 Å². The van der Waals surface area contributed by atoms with Crippen LogP contribution in [-0.4, -0.2) is 6.04 Å². The third-order valence-corrected chi connectivity index (χ3v) is 3.96. The number of hydrogen-bond donors (Lipinski definition) is 1. The van der Waals surface area contributed by atoms with Gasteiger partial charge in [0.1, 0.15) is 0 Å². The zero-order valence-corrected chi connectivity index (χ0v) is 11.3. The van der Waals surface area contributed by atoms with Gasteiger partial charge in [-0.25, -0.2) is 0 Å². The van der Waals surface area contributed by atoms with Crippen LogP contribution in [0.5, 0.6) is 0 Å². The van der Waals surface area contributed by atoms with Crippen LogP contribution < -0.4 is 5.32 Å². The van der Waals surface area contributed by atoms with Gasteiger partial charge in [0.15, 0.2) is 0 Å². The molecule has 1 fully saturated rings. The molecule has 0 bridgehead atoms. The first-order chi connectivity index (χ1) is 8.15. The molecule has 1 nitrogen and oxygen atoms in total. The molecule has 1 aromatic rings. The van der Waals surface area contributed by atoms with Gasteiger partial charge in [-0.1, -0.05) is 44.2 Å². The van der Waals surface area contributed by atoms with Gasteiger partial charge in [-0.05, 0) is 43.6 Å². The second-order valence-electron chi connectivity index (χ2n) is 5.91. The minimum atomic E-state index is 0.471. The summed E-state index contributed by atoms with van der Waals surface area (Å²) in [6.45, 7) is 7.05. The maximum Gasteiger partial charge on any atom is 0.0294 e. The highest BCUT2D eigenvalue weighted by Crippen LogP contribution is 2.29. The fourth-order valence-corrected chi connectivity index (χ4v) is 3.27. The maximum absolute atomic E-state index is 3.80. The normalized spacial score (nSPS) is 31.1. The summed E-state index contributed by atoms with van der Waals surface area (Å²) in [5, 5.41) is 3.80. The summed E-state index contributed by atoms with van der Waals surface area (Å²) in [4.78, 5) is 0. The Hall–Kier alpha value is -0.820. The Bertz CT molecular complexity index is 323. The lowest BCUT2D eigenvalue weighted by Gasteiger charge is -2.34. The minimum absolute atomic E-state index is 0.471. The molecule has 0 aromatic heterocycles. The molecule has 0 radical (unpaired) electrons. The molecule has 0 saturated heterocycles. The summed E-state index contributed by atoms with van der Waals surface area (Å²) in [5.41, 5.74) is 1.40. The molecule has 1 saturated carbocycles. The van der Waals surface area contributed by atoms with Crippen molar-refractivity contribution in [3.05, 3.63) is 35.9 Å². The zero-order valence-electron chi connectivity index (χ0n) is 11.3. The van der Waals surface area contributed by atoms with Gasteiger partial charge in [0.05, 0.1) is 0 Å². The second-order valence-corrected chi connectivity index (χ2v) is 5.91. The number of nitrogens with one attached hydrogen (secondary N) is 1. The fraction of sp³-hybridized carbons (Fsp3) is 0.625. The molecule has 1 heteroatoms. The van der Waals surface area contributed by atoms with E-state index in [2.05, 4.69) is 56.4 Å². The average Bonchev–Trinajstić information content (AvgIpc) is 2.28. The highest BCUT2D eigenvalue weighted by Gasteiger charge is 2.24. The first-order valence-electron chi connectivity index (χ1n) is 6.96. The largest absolute Gasteiger partial charge is 0.307 e. The van der Waals surface area contributed by atoms with Crippen LogP contribution in [0.2, 0.25) is 0 Å². The first-order valence-corrected chi connectivity index (χ1v) is 6.96. The second kappa shape index (κ2) is 5.68. The molecule has 0 aliphatic heterocycles. The lowest BCUT2D eigenvalue weighted by Crippen LogP contribution is -2.37. The van der Waals surface area contributed by atoms with Gasteiger partial charge in [0, 0.05) is 12.1 Å². The molecular formula is C16H25N. The summed E-state index contributed by atoms with van der Waals surface area (Å²) in [6, 6.07) is 11.9. The monoisotopic (exact) mass is 231 g/mol. The molecule has 17 heavy (non-hydrogen) atoms. The van der Waals surface area contributed by atoms with E-state index in [0.717, 1.165) is 11.8 Å². The Morgan fingerprint density at radius 3 is 2.18 bits per heavy atom. The molecular weight excluding hydrogens is 206 g/mol. The van der Waals surface area contributed by atoms with E-state index in [1.54, 1.807) is 0 Å². The van der Waals surface area contributed by atoms with Crippen molar-refractivity contribution in [1.29, 1.82) is 0 Å². The quantitative estimate of drug-likeness (QED) is 0.823. The van der Waals surface area contributed by atoms with Crippen molar-refractivity contribution in [2.75, 3.05) is 0 Å². The van der Waals surface area contributed by atoms with Crippen LogP contribution in [-0.2, 0) is 0 Å². The van der Waals surface area contributed by atoms with Crippen molar-refractivity contribution in [1.82, 2.24) is 5.32 Å². The summed E-state index contributed by atoms with van der Waals surface area (Å²) >= 11 is 0. The van der Waals surface area contributed by atoms with Gasteiger partial charge in [-0.3, -0.25) is 0 Å². The van der Waals surface area contributed by atoms with Crippen LogP contribution in [0.3, 0.4) is 0 Å². The molecule has 0 spiro atoms. The van der Waals surface area contributed by atoms with E-state index in [-0.39, 0.29) is 0 Å². The van der Waals surface area contributed by atoms with Crippen molar-refractivity contribution >= 4 is 0 Å². The molecule has 2 unspecified atom stereocenters. The molecule has 1 N–H and O–H groups in total. The highest BCUT2D eigenvalue weighted by atomic mass is 14.9. The fourth-order valence-electron chi connectivity index (χ4n) is 3.27. The Morgan fingerprint density at radius 1 is 1.00 bits per heavy atom. The smallest absolute Gasteiger partial charge is 0.0294 e. The Balaban J connectivity index is 1.92. The van der Waals surface area contributed by atoms with Crippen molar-refractivity contribution in [3.63, 3.8) is 0 Å². The van der Waals surface area contributed by atoms with E-state index >= 15 is 0 Å². The van der Waals surface area contributed by atoms with Gasteiger partial charge >= 0.3 is 0 Å². The van der Waals surface area contributed by atoms with Crippen molar-refractivity contribution in [2.24, 2.45) is 11.8 Å². The minimum Gasteiger partial charge on any atom is -0.307 e. The van der Waals surface area contributed by atoms with E-state index in [1.807, 2.05) is 0 Å². The molecule has 2 rings (SSSR count). The number of rotatable bonds is 3. The maximum atomic E-state index is 3.80. The molecule has 1 aliphatic carbocycles. The van der Waals surface area contributed by atoms with Crippen molar-refractivity contribution in [2.45, 2.75) is 52.1 Å². The zero-order chi connectivity index (χ0) is 12.3. The lowest BCUT2D eigenvalue weighted by atomic mass is 9.80. The highest BCUT2D eigenvalue weighted by molar-refractivity contribution is 5.18. The van der Waals surface area contributed by atoms with Gasteiger partial charge in [0.25, 0.3) is 0 Å². The van der Waals surface area contributed by atoms with Crippen LogP contribution in [0.25, 0.3) is 0 Å². The van der Waals surface area contributed by atoms with E-state index < -0.39 is 0 Å². The molecule has 1 aromatic carbocycles. The van der Waals surface area contributed by atoms with Crippen molar-refractivity contribution in [3.8, 4) is 0 Å². The predicted octanol–water partition coefficient (Wildman–Crippen LogP) is 4.16. The summed E-state index contributed by atoms with van der Waals surface area (Å²) < 4.78 is 0. The summed E-state index contributed by atoms with van der Waals surface area (Å²) in [7, 11) is 0.